The van der Waals surface area contributed by atoms with Crippen molar-refractivity contribution in [2.45, 2.75) is 24.3 Å². The first-order valence-electron chi connectivity index (χ1n) is 11.5. The van der Waals surface area contributed by atoms with Crippen LogP contribution in [0, 0.1) is 0 Å². The SMILES string of the molecule is CC1(N2CC(F)(F)C2)C=CC2=C(c3ccccc3C(=O)O)c3ccc(N4CC(F)(F)C4)cc3OC2=C1. The largest absolute Gasteiger partial charge is 0.478 e. The lowest BCUT2D eigenvalue weighted by atomic mass is 9.81. The Bertz CT molecular complexity index is 1380. The molecule has 2 fully saturated rings. The van der Waals surface area contributed by atoms with Crippen molar-refractivity contribution in [2.24, 2.45) is 0 Å². The van der Waals surface area contributed by atoms with E-state index in [2.05, 4.69) is 0 Å². The number of likely N-dealkylation sites (tertiary alicyclic amines) is 1. The van der Waals surface area contributed by atoms with Gasteiger partial charge in [-0.2, -0.15) is 0 Å². The Morgan fingerprint density at radius 3 is 2.33 bits per heavy atom. The number of allylic oxidation sites excluding steroid dienone is 1. The van der Waals surface area contributed by atoms with Gasteiger partial charge in [0.25, 0.3) is 11.8 Å². The van der Waals surface area contributed by atoms with Gasteiger partial charge < -0.3 is 14.7 Å². The standard InChI is InChI=1S/C27H22F4N2O3/c1-25(33-14-27(30,31)15-33)9-8-20-22(11-25)36-21-10-16(32-12-26(28,29)13-32)6-7-19(21)23(20)17-4-2-3-5-18(17)24(34)35/h2-11H,12-15H2,1H3,(H,34,35). The predicted molar refractivity (Wildman–Crippen MR) is 126 cm³/mol. The van der Waals surface area contributed by atoms with Crippen molar-refractivity contribution in [3.8, 4) is 5.75 Å². The Kier molecular flexibility index (Phi) is 4.73. The highest BCUT2D eigenvalue weighted by molar-refractivity contribution is 6.00. The van der Waals surface area contributed by atoms with Crippen LogP contribution in [0.1, 0.15) is 28.4 Å². The summed E-state index contributed by atoms with van der Waals surface area (Å²) in [4.78, 5) is 15.2. The van der Waals surface area contributed by atoms with E-state index in [1.165, 1.54) is 11.0 Å². The molecular formula is C27H22F4N2O3. The van der Waals surface area contributed by atoms with Crippen LogP contribution < -0.4 is 9.64 Å². The van der Waals surface area contributed by atoms with Crippen LogP contribution in [-0.4, -0.2) is 59.5 Å². The number of hydrogen-bond acceptors (Lipinski definition) is 4. The Morgan fingerprint density at radius 1 is 0.972 bits per heavy atom. The van der Waals surface area contributed by atoms with Crippen LogP contribution in [0.2, 0.25) is 0 Å². The van der Waals surface area contributed by atoms with Crippen LogP contribution in [0.3, 0.4) is 0 Å². The van der Waals surface area contributed by atoms with E-state index in [-0.39, 0.29) is 18.7 Å². The number of fused-ring (bicyclic) bond motifs is 2. The highest BCUT2D eigenvalue weighted by Crippen LogP contribution is 2.48. The maximum Gasteiger partial charge on any atom is 0.336 e. The summed E-state index contributed by atoms with van der Waals surface area (Å²) in [5.74, 6) is -5.79. The lowest BCUT2D eigenvalue weighted by Gasteiger charge is -2.49. The molecule has 5 nitrogen and oxygen atoms in total. The van der Waals surface area contributed by atoms with E-state index < -0.39 is 36.4 Å². The highest BCUT2D eigenvalue weighted by Gasteiger charge is 2.51. The normalized spacial score (nSPS) is 25.7. The van der Waals surface area contributed by atoms with Gasteiger partial charge in [-0.05, 0) is 36.8 Å². The van der Waals surface area contributed by atoms with Gasteiger partial charge in [-0.15, -0.1) is 0 Å². The number of carboxylic acid groups (broad SMARTS) is 1. The zero-order valence-corrected chi connectivity index (χ0v) is 19.3. The van der Waals surface area contributed by atoms with Crippen LogP contribution in [0.4, 0.5) is 23.2 Å². The summed E-state index contributed by atoms with van der Waals surface area (Å²) < 4.78 is 60.4. The molecule has 36 heavy (non-hydrogen) atoms. The van der Waals surface area contributed by atoms with Crippen molar-refractivity contribution in [1.29, 1.82) is 0 Å². The molecule has 0 radical (unpaired) electrons. The fourth-order valence-corrected chi connectivity index (χ4v) is 5.20. The summed E-state index contributed by atoms with van der Waals surface area (Å²) in [5.41, 5.74) is 2.18. The Hall–Kier alpha value is -3.59. The second-order valence-electron chi connectivity index (χ2n) is 9.91. The van der Waals surface area contributed by atoms with Crippen LogP contribution >= 0.6 is 0 Å². The first-order valence-corrected chi connectivity index (χ1v) is 11.5. The van der Waals surface area contributed by atoms with Gasteiger partial charge in [0.05, 0.1) is 37.3 Å². The van der Waals surface area contributed by atoms with E-state index in [1.807, 2.05) is 13.0 Å². The van der Waals surface area contributed by atoms with Crippen molar-refractivity contribution in [3.63, 3.8) is 0 Å². The maximum atomic E-state index is 13.6. The first-order chi connectivity index (χ1) is 16.9. The number of benzene rings is 2. The van der Waals surface area contributed by atoms with Gasteiger partial charge in [-0.1, -0.05) is 30.4 Å². The van der Waals surface area contributed by atoms with Gasteiger partial charge in [-0.3, -0.25) is 4.90 Å². The average Bonchev–Trinajstić information content (AvgIpc) is 2.79. The van der Waals surface area contributed by atoms with Crippen molar-refractivity contribution in [3.05, 3.63) is 88.7 Å². The molecule has 0 spiro atoms. The molecule has 0 aromatic heterocycles. The van der Waals surface area contributed by atoms with Gasteiger partial charge in [0.2, 0.25) is 0 Å². The third kappa shape index (κ3) is 3.61. The third-order valence-electron chi connectivity index (χ3n) is 7.16. The molecule has 1 unspecified atom stereocenters. The molecule has 0 saturated carbocycles. The molecule has 0 amide bonds. The minimum Gasteiger partial charge on any atom is -0.478 e. The van der Waals surface area contributed by atoms with Gasteiger partial charge in [0.1, 0.15) is 11.5 Å². The molecule has 2 saturated heterocycles. The first kappa shape index (κ1) is 22.8. The number of aromatic carboxylic acids is 1. The fraction of sp³-hybridized carbons (Fsp3) is 0.296. The monoisotopic (exact) mass is 498 g/mol. The number of halogens is 4. The number of nitrogens with zero attached hydrogens (tertiary/aromatic N) is 2. The van der Waals surface area contributed by atoms with Crippen LogP contribution in [0.25, 0.3) is 5.57 Å². The molecule has 1 aliphatic carbocycles. The molecule has 3 heterocycles. The molecule has 2 aromatic rings. The molecule has 1 N–H and O–H groups in total. The molecule has 6 rings (SSSR count). The van der Waals surface area contributed by atoms with Crippen LogP contribution in [0.15, 0.2) is 72.0 Å². The number of hydrogen-bond donors (Lipinski definition) is 1. The number of carbonyl (C=O) groups is 1. The molecular weight excluding hydrogens is 476 g/mol. The number of anilines is 1. The number of alkyl halides is 4. The van der Waals surface area contributed by atoms with E-state index in [0.717, 1.165) is 0 Å². The Morgan fingerprint density at radius 2 is 1.67 bits per heavy atom. The minimum atomic E-state index is -2.74. The second-order valence-corrected chi connectivity index (χ2v) is 9.91. The van der Waals surface area contributed by atoms with E-state index >= 15 is 0 Å². The van der Waals surface area contributed by atoms with Crippen molar-refractivity contribution in [2.75, 3.05) is 31.1 Å². The average molecular weight is 498 g/mol. The topological polar surface area (TPSA) is 53.0 Å². The van der Waals surface area contributed by atoms with E-state index in [0.29, 0.717) is 39.5 Å². The summed E-state index contributed by atoms with van der Waals surface area (Å²) in [7, 11) is 0. The predicted octanol–water partition coefficient (Wildman–Crippen LogP) is 5.20. The van der Waals surface area contributed by atoms with Gasteiger partial charge in [-0.25, -0.2) is 22.4 Å². The second kappa shape index (κ2) is 7.46. The number of rotatable bonds is 4. The van der Waals surface area contributed by atoms with Crippen LogP contribution in [-0.2, 0) is 0 Å². The van der Waals surface area contributed by atoms with E-state index in [4.69, 9.17) is 4.74 Å². The summed E-state index contributed by atoms with van der Waals surface area (Å²) in [6, 6.07) is 11.7. The van der Waals surface area contributed by atoms with E-state index in [1.54, 1.807) is 53.5 Å². The third-order valence-corrected chi connectivity index (χ3v) is 7.16. The summed E-state index contributed by atoms with van der Waals surface area (Å²) in [5, 5.41) is 9.85. The molecule has 2 aromatic carbocycles. The molecule has 0 bridgehead atoms. The Balaban J connectivity index is 1.49. The van der Waals surface area contributed by atoms with Crippen molar-refractivity contribution < 1.29 is 32.2 Å². The molecule has 186 valence electrons. The molecule has 3 aliphatic heterocycles. The minimum absolute atomic E-state index is 0.0998. The number of carboxylic acids is 1. The summed E-state index contributed by atoms with van der Waals surface area (Å²) in [6.07, 6.45) is 5.36. The van der Waals surface area contributed by atoms with Gasteiger partial charge in [0, 0.05) is 28.5 Å². The van der Waals surface area contributed by atoms with Crippen molar-refractivity contribution in [1.82, 2.24) is 4.90 Å². The zero-order chi connectivity index (χ0) is 25.5. The lowest BCUT2D eigenvalue weighted by Crippen LogP contribution is -2.63. The summed E-state index contributed by atoms with van der Waals surface area (Å²) in [6.45, 7) is 0.262. The van der Waals surface area contributed by atoms with Gasteiger partial charge >= 0.3 is 5.97 Å². The lowest BCUT2D eigenvalue weighted by molar-refractivity contribution is -0.150. The zero-order valence-electron chi connectivity index (χ0n) is 19.3. The van der Waals surface area contributed by atoms with Crippen LogP contribution in [0.5, 0.6) is 5.75 Å². The number of ether oxygens (including phenoxy) is 1. The van der Waals surface area contributed by atoms with E-state index in [9.17, 15) is 27.5 Å². The summed E-state index contributed by atoms with van der Waals surface area (Å²) >= 11 is 0. The molecule has 1 atom stereocenters. The highest BCUT2D eigenvalue weighted by atomic mass is 19.3. The van der Waals surface area contributed by atoms with Crippen molar-refractivity contribution >= 4 is 17.2 Å². The quantitative estimate of drug-likeness (QED) is 0.588. The molecule has 4 aliphatic rings. The maximum absolute atomic E-state index is 13.6. The molecule has 9 heteroatoms. The fourth-order valence-electron chi connectivity index (χ4n) is 5.20. The smallest absolute Gasteiger partial charge is 0.336 e. The van der Waals surface area contributed by atoms with Gasteiger partial charge in [0.15, 0.2) is 0 Å². The Labute approximate surface area is 204 Å².